The summed E-state index contributed by atoms with van der Waals surface area (Å²) in [6.07, 6.45) is 0. The Labute approximate surface area is 111 Å². The van der Waals surface area contributed by atoms with Crippen LogP contribution in [0.15, 0.2) is 28.7 Å². The molecule has 94 valence electrons. The van der Waals surface area contributed by atoms with E-state index in [0.29, 0.717) is 6.54 Å². The number of nitrogens with zero attached hydrogens (tertiary/aromatic N) is 1. The van der Waals surface area contributed by atoms with E-state index < -0.39 is 6.04 Å². The molecule has 1 atom stereocenters. The Hall–Kier alpha value is -0.870. The molecule has 17 heavy (non-hydrogen) atoms. The fourth-order valence-electron chi connectivity index (χ4n) is 1.48. The second kappa shape index (κ2) is 6.17. The van der Waals surface area contributed by atoms with Crippen LogP contribution in [0, 0.1) is 5.92 Å². The van der Waals surface area contributed by atoms with E-state index in [4.69, 9.17) is 5.73 Å². The van der Waals surface area contributed by atoms with Crippen LogP contribution >= 0.6 is 15.9 Å². The van der Waals surface area contributed by atoms with Gasteiger partial charge in [-0.25, -0.2) is 0 Å². The minimum atomic E-state index is -0.421. The van der Waals surface area contributed by atoms with Crippen LogP contribution in [0.2, 0.25) is 0 Å². The monoisotopic (exact) mass is 298 g/mol. The molecule has 0 unspecified atom stereocenters. The van der Waals surface area contributed by atoms with Crippen molar-refractivity contribution in [3.05, 3.63) is 34.3 Å². The third-order valence-electron chi connectivity index (χ3n) is 2.71. The molecule has 0 saturated carbocycles. The van der Waals surface area contributed by atoms with E-state index in [-0.39, 0.29) is 11.8 Å². The highest BCUT2D eigenvalue weighted by Crippen LogP contribution is 2.12. The van der Waals surface area contributed by atoms with Crippen LogP contribution in [0.3, 0.4) is 0 Å². The highest BCUT2D eigenvalue weighted by molar-refractivity contribution is 9.10. The van der Waals surface area contributed by atoms with E-state index in [9.17, 15) is 4.79 Å². The molecule has 0 aliphatic carbocycles. The lowest BCUT2D eigenvalue weighted by Gasteiger charge is -2.23. The zero-order valence-electron chi connectivity index (χ0n) is 10.5. The minimum Gasteiger partial charge on any atom is -0.340 e. The normalized spacial score (nSPS) is 12.6. The van der Waals surface area contributed by atoms with Crippen molar-refractivity contribution in [1.29, 1.82) is 0 Å². The number of benzene rings is 1. The third-order valence-corrected chi connectivity index (χ3v) is 3.24. The van der Waals surface area contributed by atoms with Gasteiger partial charge in [0.25, 0.3) is 0 Å². The number of carbonyl (C=O) groups excluding carboxylic acids is 1. The van der Waals surface area contributed by atoms with Gasteiger partial charge in [-0.1, -0.05) is 41.9 Å². The van der Waals surface area contributed by atoms with Gasteiger partial charge in [0.2, 0.25) is 5.91 Å². The standard InChI is InChI=1S/C13H19BrN2O/c1-9(2)12(15)13(17)16(3)8-10-4-6-11(14)7-5-10/h4-7,9,12H,8,15H2,1-3H3/t12-/m0/s1. The molecule has 1 aromatic rings. The van der Waals surface area contributed by atoms with Gasteiger partial charge < -0.3 is 10.6 Å². The van der Waals surface area contributed by atoms with E-state index >= 15 is 0 Å². The first-order chi connectivity index (χ1) is 7.91. The predicted molar refractivity (Wildman–Crippen MR) is 73.4 cm³/mol. The average Bonchev–Trinajstić information content (AvgIpc) is 2.30. The van der Waals surface area contributed by atoms with Crippen molar-refractivity contribution in [3.8, 4) is 0 Å². The van der Waals surface area contributed by atoms with Crippen LogP contribution in [0.5, 0.6) is 0 Å². The maximum absolute atomic E-state index is 11.9. The number of nitrogens with two attached hydrogens (primary N) is 1. The van der Waals surface area contributed by atoms with Gasteiger partial charge in [0.05, 0.1) is 6.04 Å². The molecule has 1 rings (SSSR count). The number of hydrogen-bond donors (Lipinski definition) is 1. The molecule has 0 fully saturated rings. The van der Waals surface area contributed by atoms with E-state index in [0.717, 1.165) is 10.0 Å². The van der Waals surface area contributed by atoms with Crippen LogP contribution in [-0.4, -0.2) is 23.9 Å². The smallest absolute Gasteiger partial charge is 0.239 e. The summed E-state index contributed by atoms with van der Waals surface area (Å²) in [5.74, 6) is 0.151. The van der Waals surface area contributed by atoms with Crippen molar-refractivity contribution in [1.82, 2.24) is 4.90 Å². The molecule has 0 bridgehead atoms. The average molecular weight is 299 g/mol. The van der Waals surface area contributed by atoms with Crippen LogP contribution in [0.1, 0.15) is 19.4 Å². The summed E-state index contributed by atoms with van der Waals surface area (Å²) in [5, 5.41) is 0. The van der Waals surface area contributed by atoms with Crippen LogP contribution in [0.25, 0.3) is 0 Å². The highest BCUT2D eigenvalue weighted by atomic mass is 79.9. The van der Waals surface area contributed by atoms with Gasteiger partial charge in [0, 0.05) is 18.1 Å². The van der Waals surface area contributed by atoms with E-state index in [1.807, 2.05) is 38.1 Å². The molecule has 0 saturated heterocycles. The van der Waals surface area contributed by atoms with Crippen LogP contribution < -0.4 is 5.73 Å². The zero-order valence-corrected chi connectivity index (χ0v) is 12.1. The number of carbonyl (C=O) groups is 1. The molecule has 1 amide bonds. The summed E-state index contributed by atoms with van der Waals surface area (Å²) in [6.45, 7) is 4.50. The molecular formula is C13H19BrN2O. The maximum atomic E-state index is 11.9. The lowest BCUT2D eigenvalue weighted by molar-refractivity contribution is -0.132. The van der Waals surface area contributed by atoms with Crippen molar-refractivity contribution in [3.63, 3.8) is 0 Å². The summed E-state index contributed by atoms with van der Waals surface area (Å²) >= 11 is 3.38. The Morgan fingerprint density at radius 2 is 1.88 bits per heavy atom. The van der Waals surface area contributed by atoms with E-state index in [2.05, 4.69) is 15.9 Å². The van der Waals surface area contributed by atoms with Crippen molar-refractivity contribution < 1.29 is 4.79 Å². The van der Waals surface area contributed by atoms with Gasteiger partial charge in [-0.2, -0.15) is 0 Å². The lowest BCUT2D eigenvalue weighted by atomic mass is 10.0. The van der Waals surface area contributed by atoms with E-state index in [1.54, 1.807) is 11.9 Å². The van der Waals surface area contributed by atoms with Crippen LogP contribution in [0.4, 0.5) is 0 Å². The fraction of sp³-hybridized carbons (Fsp3) is 0.462. The summed E-state index contributed by atoms with van der Waals surface area (Å²) < 4.78 is 1.04. The highest BCUT2D eigenvalue weighted by Gasteiger charge is 2.20. The Balaban J connectivity index is 2.63. The molecule has 0 heterocycles. The molecule has 0 spiro atoms. The first kappa shape index (κ1) is 14.2. The number of likely N-dealkylation sites (N-methyl/N-ethyl adjacent to an activating group) is 1. The molecule has 0 aliphatic rings. The lowest BCUT2D eigenvalue weighted by Crippen LogP contribution is -2.44. The van der Waals surface area contributed by atoms with Crippen molar-refractivity contribution in [2.24, 2.45) is 11.7 Å². The quantitative estimate of drug-likeness (QED) is 0.928. The summed E-state index contributed by atoms with van der Waals surface area (Å²) in [5.41, 5.74) is 6.94. The Morgan fingerprint density at radius 1 is 1.35 bits per heavy atom. The molecule has 0 aromatic heterocycles. The first-order valence-corrected chi connectivity index (χ1v) is 6.46. The molecule has 0 aliphatic heterocycles. The predicted octanol–water partition coefficient (Wildman–Crippen LogP) is 2.39. The summed E-state index contributed by atoms with van der Waals surface area (Å²) in [4.78, 5) is 13.6. The Bertz CT molecular complexity index is 376. The largest absolute Gasteiger partial charge is 0.340 e. The molecule has 0 radical (unpaired) electrons. The van der Waals surface area contributed by atoms with Crippen molar-refractivity contribution in [2.45, 2.75) is 26.4 Å². The van der Waals surface area contributed by atoms with Gasteiger partial charge in [0.15, 0.2) is 0 Å². The summed E-state index contributed by atoms with van der Waals surface area (Å²) in [7, 11) is 1.78. The second-order valence-electron chi connectivity index (χ2n) is 4.59. The van der Waals surface area contributed by atoms with Gasteiger partial charge in [-0.3, -0.25) is 4.79 Å². The molecule has 1 aromatic carbocycles. The Kier molecular flexibility index (Phi) is 5.15. The van der Waals surface area contributed by atoms with Crippen molar-refractivity contribution >= 4 is 21.8 Å². The third kappa shape index (κ3) is 4.13. The molecule has 2 N–H and O–H groups in total. The summed E-state index contributed by atoms with van der Waals surface area (Å²) in [6, 6.07) is 7.51. The molecular weight excluding hydrogens is 280 g/mol. The van der Waals surface area contributed by atoms with Crippen molar-refractivity contribution in [2.75, 3.05) is 7.05 Å². The Morgan fingerprint density at radius 3 is 2.35 bits per heavy atom. The van der Waals surface area contributed by atoms with Gasteiger partial charge in [-0.15, -0.1) is 0 Å². The van der Waals surface area contributed by atoms with Gasteiger partial charge in [-0.05, 0) is 23.6 Å². The van der Waals surface area contributed by atoms with Gasteiger partial charge >= 0.3 is 0 Å². The SMILES string of the molecule is CC(C)[C@H](N)C(=O)N(C)Cc1ccc(Br)cc1. The van der Waals surface area contributed by atoms with Crippen LogP contribution in [-0.2, 0) is 11.3 Å². The molecule has 3 nitrogen and oxygen atoms in total. The number of halogens is 1. The fourth-order valence-corrected chi connectivity index (χ4v) is 1.75. The van der Waals surface area contributed by atoms with E-state index in [1.165, 1.54) is 0 Å². The first-order valence-electron chi connectivity index (χ1n) is 5.67. The topological polar surface area (TPSA) is 46.3 Å². The number of rotatable bonds is 4. The minimum absolute atomic E-state index is 0.0112. The number of hydrogen-bond acceptors (Lipinski definition) is 2. The zero-order chi connectivity index (χ0) is 13.0. The maximum Gasteiger partial charge on any atom is 0.239 e. The second-order valence-corrected chi connectivity index (χ2v) is 5.51. The van der Waals surface area contributed by atoms with Gasteiger partial charge in [0.1, 0.15) is 0 Å². The molecule has 4 heteroatoms. The number of amides is 1.